The molecule has 0 saturated carbocycles. The zero-order chi connectivity index (χ0) is 24.5. The van der Waals surface area contributed by atoms with E-state index in [1.165, 1.54) is 38.4 Å². The van der Waals surface area contributed by atoms with Gasteiger partial charge in [-0.1, -0.05) is 103 Å². The van der Waals surface area contributed by atoms with E-state index in [2.05, 4.69) is 72.8 Å². The van der Waals surface area contributed by atoms with Gasteiger partial charge in [0.2, 0.25) is 0 Å². The Labute approximate surface area is 209 Å². The molecule has 2 N–H and O–H groups in total. The molecule has 6 aromatic carbocycles. The van der Waals surface area contributed by atoms with Crippen LogP contribution in [0.2, 0.25) is 0 Å². The van der Waals surface area contributed by atoms with Crippen molar-refractivity contribution in [1.82, 2.24) is 0 Å². The molecule has 0 bridgehead atoms. The molecule has 6 aromatic rings. The molecule has 0 spiro atoms. The Morgan fingerprint density at radius 2 is 1.17 bits per heavy atom. The monoisotopic (exact) mass is 470 g/mol. The summed E-state index contributed by atoms with van der Waals surface area (Å²) in [6.07, 6.45) is 1.57. The van der Waals surface area contributed by atoms with Gasteiger partial charge in [0.25, 0.3) is 0 Å². The van der Waals surface area contributed by atoms with Crippen molar-refractivity contribution in [3.05, 3.63) is 126 Å². The average molecular weight is 471 g/mol. The highest BCUT2D eigenvalue weighted by molar-refractivity contribution is 6.17. The van der Waals surface area contributed by atoms with E-state index in [0.717, 1.165) is 24.0 Å². The minimum atomic E-state index is -0.0140. The standard InChI is InChI=1S/C18H12.C15H14O3/c1-3-7-15-13(5-1)9-11-18-16-8-4-2-6-14(16)10-12-17(15)18;16-11-8-13(17)12-6-7-14(18-15(12)9-11)10-4-2-1-3-5-10/h1-12H;1-5,8-9,14,16-17H,6-7H2. The Hall–Kier alpha value is -4.50. The van der Waals surface area contributed by atoms with E-state index >= 15 is 0 Å². The van der Waals surface area contributed by atoms with Gasteiger partial charge in [0.1, 0.15) is 23.4 Å². The van der Waals surface area contributed by atoms with Crippen LogP contribution in [0.5, 0.6) is 17.2 Å². The summed E-state index contributed by atoms with van der Waals surface area (Å²) in [4.78, 5) is 0. The largest absolute Gasteiger partial charge is 0.508 e. The van der Waals surface area contributed by atoms with Crippen LogP contribution in [0.25, 0.3) is 32.3 Å². The number of ether oxygens (including phenoxy) is 1. The molecule has 3 heteroatoms. The van der Waals surface area contributed by atoms with Crippen LogP contribution < -0.4 is 4.74 Å². The zero-order valence-electron chi connectivity index (χ0n) is 19.8. The molecule has 0 aromatic heterocycles. The molecule has 36 heavy (non-hydrogen) atoms. The molecule has 0 radical (unpaired) electrons. The third-order valence-corrected chi connectivity index (χ3v) is 6.92. The maximum absolute atomic E-state index is 9.75. The predicted molar refractivity (Wildman–Crippen MR) is 147 cm³/mol. The quantitative estimate of drug-likeness (QED) is 0.238. The second-order valence-corrected chi connectivity index (χ2v) is 9.17. The van der Waals surface area contributed by atoms with Crippen LogP contribution in [0.3, 0.4) is 0 Å². The van der Waals surface area contributed by atoms with Crippen LogP contribution in [0.1, 0.15) is 23.7 Å². The number of phenolic OH excluding ortho intramolecular Hbond substituents is 2. The molecule has 0 amide bonds. The minimum absolute atomic E-state index is 0.0140. The SMILES string of the molecule is Oc1cc(O)c2c(c1)OC(c1ccccc1)CC2.c1ccc2c(c1)ccc1c3ccccc3ccc21. The lowest BCUT2D eigenvalue weighted by Gasteiger charge is -2.27. The van der Waals surface area contributed by atoms with Crippen LogP contribution in [0, 0.1) is 0 Å². The van der Waals surface area contributed by atoms with Gasteiger partial charge in [0.05, 0.1) is 0 Å². The van der Waals surface area contributed by atoms with E-state index in [1.807, 2.05) is 30.3 Å². The number of hydrogen-bond acceptors (Lipinski definition) is 3. The molecule has 7 rings (SSSR count). The smallest absolute Gasteiger partial charge is 0.130 e. The van der Waals surface area contributed by atoms with Gasteiger partial charge in [-0.3, -0.25) is 0 Å². The second-order valence-electron chi connectivity index (χ2n) is 9.17. The summed E-state index contributed by atoms with van der Waals surface area (Å²) < 4.78 is 5.86. The van der Waals surface area contributed by atoms with Gasteiger partial charge in [-0.2, -0.15) is 0 Å². The molecule has 1 aliphatic rings. The Kier molecular flexibility index (Phi) is 5.67. The normalized spacial score (nSPS) is 14.6. The first kappa shape index (κ1) is 22.0. The highest BCUT2D eigenvalue weighted by atomic mass is 16.5. The topological polar surface area (TPSA) is 49.7 Å². The summed E-state index contributed by atoms with van der Waals surface area (Å²) in [6, 6.07) is 38.9. The molecule has 176 valence electrons. The summed E-state index contributed by atoms with van der Waals surface area (Å²) in [5, 5.41) is 27.2. The number of phenols is 2. The number of aromatic hydroxyl groups is 2. The molecular formula is C33H26O3. The van der Waals surface area contributed by atoms with Crippen LogP contribution in [0.15, 0.2) is 115 Å². The molecular weight excluding hydrogens is 444 g/mol. The van der Waals surface area contributed by atoms with Crippen molar-refractivity contribution in [3.8, 4) is 17.2 Å². The van der Waals surface area contributed by atoms with Crippen molar-refractivity contribution in [2.45, 2.75) is 18.9 Å². The van der Waals surface area contributed by atoms with Crippen molar-refractivity contribution >= 4 is 32.3 Å². The highest BCUT2D eigenvalue weighted by Crippen LogP contribution is 2.41. The summed E-state index contributed by atoms with van der Waals surface area (Å²) in [5.41, 5.74) is 1.89. The summed E-state index contributed by atoms with van der Waals surface area (Å²) in [7, 11) is 0. The third kappa shape index (κ3) is 4.09. The Morgan fingerprint density at radius 3 is 1.81 bits per heavy atom. The fourth-order valence-electron chi connectivity index (χ4n) is 5.13. The Morgan fingerprint density at radius 1 is 0.583 bits per heavy atom. The molecule has 0 aliphatic carbocycles. The molecule has 0 fully saturated rings. The lowest BCUT2D eigenvalue weighted by Crippen LogP contribution is -2.15. The molecule has 0 saturated heterocycles. The van der Waals surface area contributed by atoms with E-state index in [0.29, 0.717) is 5.75 Å². The molecule has 1 unspecified atom stereocenters. The first-order chi connectivity index (χ1) is 17.7. The lowest BCUT2D eigenvalue weighted by molar-refractivity contribution is 0.174. The van der Waals surface area contributed by atoms with Crippen LogP contribution >= 0.6 is 0 Å². The van der Waals surface area contributed by atoms with Gasteiger partial charge in [-0.05, 0) is 50.7 Å². The second kappa shape index (κ2) is 9.27. The van der Waals surface area contributed by atoms with Gasteiger partial charge >= 0.3 is 0 Å². The fourth-order valence-corrected chi connectivity index (χ4v) is 5.13. The van der Waals surface area contributed by atoms with Crippen molar-refractivity contribution in [2.75, 3.05) is 0 Å². The van der Waals surface area contributed by atoms with Crippen LogP contribution in [0.4, 0.5) is 0 Å². The van der Waals surface area contributed by atoms with Crippen molar-refractivity contribution in [3.63, 3.8) is 0 Å². The summed E-state index contributed by atoms with van der Waals surface area (Å²) >= 11 is 0. The van der Waals surface area contributed by atoms with Gasteiger partial charge in [0, 0.05) is 17.7 Å². The van der Waals surface area contributed by atoms with Crippen LogP contribution in [-0.2, 0) is 6.42 Å². The molecule has 1 atom stereocenters. The van der Waals surface area contributed by atoms with E-state index in [-0.39, 0.29) is 17.6 Å². The number of benzene rings is 6. The Bertz CT molecular complexity index is 1610. The van der Waals surface area contributed by atoms with E-state index < -0.39 is 0 Å². The average Bonchev–Trinajstić information content (AvgIpc) is 2.93. The number of rotatable bonds is 1. The van der Waals surface area contributed by atoms with Crippen molar-refractivity contribution < 1.29 is 14.9 Å². The van der Waals surface area contributed by atoms with Crippen molar-refractivity contribution in [1.29, 1.82) is 0 Å². The number of fused-ring (bicyclic) bond motifs is 6. The highest BCUT2D eigenvalue weighted by Gasteiger charge is 2.24. The van der Waals surface area contributed by atoms with Crippen LogP contribution in [-0.4, -0.2) is 10.2 Å². The molecule has 3 nitrogen and oxygen atoms in total. The first-order valence-corrected chi connectivity index (χ1v) is 12.2. The predicted octanol–water partition coefficient (Wildman–Crippen LogP) is 8.31. The maximum atomic E-state index is 9.75. The minimum Gasteiger partial charge on any atom is -0.508 e. The third-order valence-electron chi connectivity index (χ3n) is 6.92. The number of hydrogen-bond donors (Lipinski definition) is 2. The van der Waals surface area contributed by atoms with Gasteiger partial charge in [0.15, 0.2) is 0 Å². The van der Waals surface area contributed by atoms with E-state index in [4.69, 9.17) is 4.74 Å². The zero-order valence-corrected chi connectivity index (χ0v) is 19.8. The van der Waals surface area contributed by atoms with E-state index in [1.54, 1.807) is 6.07 Å². The summed E-state index contributed by atoms with van der Waals surface area (Å²) in [6.45, 7) is 0. The maximum Gasteiger partial charge on any atom is 0.130 e. The van der Waals surface area contributed by atoms with Crippen molar-refractivity contribution in [2.24, 2.45) is 0 Å². The first-order valence-electron chi connectivity index (χ1n) is 12.2. The molecule has 1 aliphatic heterocycles. The van der Waals surface area contributed by atoms with Gasteiger partial charge in [-0.15, -0.1) is 0 Å². The lowest BCUT2D eigenvalue weighted by atomic mass is 9.97. The fraction of sp³-hybridized carbons (Fsp3) is 0.0909. The molecule has 1 heterocycles. The van der Waals surface area contributed by atoms with Gasteiger partial charge < -0.3 is 14.9 Å². The Balaban J connectivity index is 0.000000133. The summed E-state index contributed by atoms with van der Waals surface area (Å²) in [5.74, 6) is 0.712. The van der Waals surface area contributed by atoms with E-state index in [9.17, 15) is 10.2 Å². The van der Waals surface area contributed by atoms with Gasteiger partial charge in [-0.25, -0.2) is 0 Å².